The molecule has 2 amide bonds. The van der Waals surface area contributed by atoms with Gasteiger partial charge in [-0.25, -0.2) is 0 Å². The highest BCUT2D eigenvalue weighted by Gasteiger charge is 2.44. The summed E-state index contributed by atoms with van der Waals surface area (Å²) in [5.74, 6) is -0.145. The monoisotopic (exact) mass is 565 g/mol. The van der Waals surface area contributed by atoms with Crippen LogP contribution >= 0.6 is 38.9 Å². The van der Waals surface area contributed by atoms with E-state index in [0.29, 0.717) is 66.3 Å². The first-order valence-corrected chi connectivity index (χ1v) is 12.5. The van der Waals surface area contributed by atoms with E-state index >= 15 is 0 Å². The van der Waals surface area contributed by atoms with Crippen molar-refractivity contribution in [1.82, 2.24) is 5.32 Å². The van der Waals surface area contributed by atoms with Gasteiger partial charge in [0.2, 0.25) is 6.19 Å². The maximum Gasteiger partial charge on any atom is 0.262 e. The highest BCUT2D eigenvalue weighted by Crippen LogP contribution is 2.31. The minimum atomic E-state index is -1.19. The van der Waals surface area contributed by atoms with Gasteiger partial charge in [0.05, 0.1) is 39.2 Å². The normalized spacial score (nSPS) is 21.7. The quantitative estimate of drug-likeness (QED) is 0.532. The molecule has 12 heteroatoms. The lowest BCUT2D eigenvalue weighted by molar-refractivity contribution is -0.122. The van der Waals surface area contributed by atoms with Crippen molar-refractivity contribution >= 4 is 67.9 Å². The molecular weight excluding hydrogens is 546 g/mol. The fourth-order valence-corrected chi connectivity index (χ4v) is 5.35. The van der Waals surface area contributed by atoms with E-state index in [-0.39, 0.29) is 18.4 Å². The van der Waals surface area contributed by atoms with E-state index in [4.69, 9.17) is 26.3 Å². The molecule has 0 aliphatic carbocycles. The molecule has 2 N–H and O–H groups in total. The molecule has 4 rings (SSSR count). The Morgan fingerprint density at radius 2 is 2.09 bits per heavy atom. The Morgan fingerprint density at radius 3 is 2.76 bits per heavy atom. The fraction of sp³-hybridized carbons (Fsp3) is 0.364. The summed E-state index contributed by atoms with van der Waals surface area (Å²) in [7, 11) is 0. The summed E-state index contributed by atoms with van der Waals surface area (Å²) in [5.41, 5.74) is -0.0504. The number of carbonyl (C=O) groups excluding carboxylic acids is 2. The van der Waals surface area contributed by atoms with E-state index in [1.165, 1.54) is 11.3 Å². The van der Waals surface area contributed by atoms with Crippen LogP contribution in [0.1, 0.15) is 22.5 Å². The number of amides is 2. The van der Waals surface area contributed by atoms with Gasteiger partial charge >= 0.3 is 0 Å². The molecule has 0 spiro atoms. The molecule has 2 aromatic rings. The van der Waals surface area contributed by atoms with E-state index < -0.39 is 5.54 Å². The van der Waals surface area contributed by atoms with Gasteiger partial charge in [-0.15, -0.1) is 11.3 Å². The number of nitrogens with zero attached hydrogens (tertiary/aromatic N) is 3. The number of nitrogens with one attached hydrogen (secondary N) is 2. The molecule has 2 aliphatic heterocycles. The average Bonchev–Trinajstić information content (AvgIpc) is 3.40. The first-order valence-electron chi connectivity index (χ1n) is 10.5. The topological polar surface area (TPSA) is 116 Å². The number of aliphatic imine (C=N–C) groups is 1. The van der Waals surface area contributed by atoms with Gasteiger partial charge < -0.3 is 25.0 Å². The third-order valence-corrected chi connectivity index (χ3v) is 7.45. The maximum atomic E-state index is 13.3. The highest BCUT2D eigenvalue weighted by atomic mass is 79.9. The van der Waals surface area contributed by atoms with Crippen LogP contribution in [0.2, 0.25) is 5.02 Å². The molecular formula is C22H21BrClN5O4S. The zero-order chi connectivity index (χ0) is 24.1. The predicted molar refractivity (Wildman–Crippen MR) is 134 cm³/mol. The van der Waals surface area contributed by atoms with Crippen LogP contribution in [0, 0.1) is 11.5 Å². The number of thiophene rings is 1. The summed E-state index contributed by atoms with van der Waals surface area (Å²) in [6, 6.07) is 8.59. The number of hydrogen-bond donors (Lipinski definition) is 2. The number of rotatable bonds is 5. The Bertz CT molecular complexity index is 1160. The molecule has 2 fully saturated rings. The Labute approximate surface area is 213 Å². The Kier molecular flexibility index (Phi) is 7.85. The van der Waals surface area contributed by atoms with Crippen molar-refractivity contribution in [2.24, 2.45) is 4.99 Å². The molecule has 178 valence electrons. The lowest BCUT2D eigenvalue weighted by Crippen LogP contribution is -2.57. The van der Waals surface area contributed by atoms with Gasteiger partial charge in [0.25, 0.3) is 11.8 Å². The average molecular weight is 567 g/mol. The van der Waals surface area contributed by atoms with Gasteiger partial charge in [0.1, 0.15) is 11.4 Å². The van der Waals surface area contributed by atoms with Crippen LogP contribution in [0.25, 0.3) is 0 Å². The summed E-state index contributed by atoms with van der Waals surface area (Å²) in [6.45, 7) is 1.88. The number of halogens is 2. The van der Waals surface area contributed by atoms with Gasteiger partial charge in [0.15, 0.2) is 0 Å². The molecule has 0 bridgehead atoms. The number of anilines is 2. The maximum absolute atomic E-state index is 13.3. The van der Waals surface area contributed by atoms with Crippen LogP contribution in [0.15, 0.2) is 39.1 Å². The molecule has 9 nitrogen and oxygen atoms in total. The van der Waals surface area contributed by atoms with Crippen molar-refractivity contribution in [3.8, 4) is 6.19 Å². The second-order valence-electron chi connectivity index (χ2n) is 7.70. The largest absolute Gasteiger partial charge is 0.379 e. The second kappa shape index (κ2) is 10.8. The molecule has 0 radical (unpaired) electrons. The molecule has 2 saturated heterocycles. The van der Waals surface area contributed by atoms with Crippen LogP contribution in [-0.4, -0.2) is 56.2 Å². The van der Waals surface area contributed by atoms with Crippen LogP contribution in [0.5, 0.6) is 0 Å². The Hall–Kier alpha value is -2.49. The number of nitriles is 1. The fourth-order valence-electron chi connectivity index (χ4n) is 3.79. The molecule has 1 aromatic carbocycles. The SMILES string of the molecule is N#C/N=C1/CCOCCN1c1ccc(NC(=O)C2(NC(=O)c3ccc(Br)s3)CCOC2)cc1Cl. The highest BCUT2D eigenvalue weighted by molar-refractivity contribution is 9.11. The number of benzene rings is 1. The van der Waals surface area contributed by atoms with Gasteiger partial charge in [-0.05, 0) is 46.3 Å². The minimum Gasteiger partial charge on any atom is -0.379 e. The lowest BCUT2D eigenvalue weighted by Gasteiger charge is -2.28. The smallest absolute Gasteiger partial charge is 0.262 e. The first-order chi connectivity index (χ1) is 16.4. The van der Waals surface area contributed by atoms with Crippen LogP contribution in [-0.2, 0) is 14.3 Å². The van der Waals surface area contributed by atoms with E-state index in [2.05, 4.69) is 31.6 Å². The molecule has 34 heavy (non-hydrogen) atoms. The van der Waals surface area contributed by atoms with Gasteiger partial charge in [-0.1, -0.05) is 11.6 Å². The van der Waals surface area contributed by atoms with Crippen LogP contribution < -0.4 is 15.5 Å². The van der Waals surface area contributed by atoms with Gasteiger partial charge in [-0.2, -0.15) is 10.3 Å². The summed E-state index contributed by atoms with van der Waals surface area (Å²) in [5, 5.41) is 15.1. The standard InChI is InChI=1S/C22H21BrClN5O4S/c23-18-4-3-17(34-18)20(30)28-22(6-9-33-12-22)21(31)27-14-1-2-16(15(24)11-14)29-7-10-32-8-5-19(29)26-13-25/h1-4,11H,5-10,12H2,(H,27,31)(H,28,30)/b26-19-. The summed E-state index contributed by atoms with van der Waals surface area (Å²) in [4.78, 5) is 32.2. The zero-order valence-electron chi connectivity index (χ0n) is 18.0. The van der Waals surface area contributed by atoms with E-state index in [1.54, 1.807) is 30.3 Å². The summed E-state index contributed by atoms with van der Waals surface area (Å²) < 4.78 is 11.8. The zero-order valence-corrected chi connectivity index (χ0v) is 21.1. The van der Waals surface area contributed by atoms with E-state index in [1.807, 2.05) is 11.1 Å². The van der Waals surface area contributed by atoms with E-state index in [0.717, 1.165) is 3.79 Å². The lowest BCUT2D eigenvalue weighted by atomic mass is 9.97. The third-order valence-electron chi connectivity index (χ3n) is 5.52. The molecule has 0 saturated carbocycles. The number of amidine groups is 1. The number of carbonyl (C=O) groups is 2. The van der Waals surface area contributed by atoms with E-state index in [9.17, 15) is 9.59 Å². The number of hydrogen-bond acceptors (Lipinski definition) is 7. The van der Waals surface area contributed by atoms with Crippen LogP contribution in [0.3, 0.4) is 0 Å². The van der Waals surface area contributed by atoms with Crippen LogP contribution in [0.4, 0.5) is 11.4 Å². The molecule has 2 aliphatic rings. The minimum absolute atomic E-state index is 0.0741. The predicted octanol–water partition coefficient (Wildman–Crippen LogP) is 3.80. The van der Waals surface area contributed by atoms with Gasteiger partial charge in [-0.3, -0.25) is 9.59 Å². The Balaban J connectivity index is 1.51. The first kappa shape index (κ1) is 24.6. The second-order valence-corrected chi connectivity index (χ2v) is 10.6. The third kappa shape index (κ3) is 5.42. The van der Waals surface area contributed by atoms with Crippen molar-refractivity contribution in [2.75, 3.05) is 43.2 Å². The van der Waals surface area contributed by atoms with Crippen molar-refractivity contribution in [2.45, 2.75) is 18.4 Å². The van der Waals surface area contributed by atoms with Crippen molar-refractivity contribution in [3.05, 3.63) is 44.0 Å². The molecule has 1 aromatic heterocycles. The molecule has 1 unspecified atom stereocenters. The van der Waals surface area contributed by atoms with Crippen molar-refractivity contribution < 1.29 is 19.1 Å². The molecule has 3 heterocycles. The van der Waals surface area contributed by atoms with Gasteiger partial charge in [0, 0.05) is 31.7 Å². The molecule has 1 atom stereocenters. The summed E-state index contributed by atoms with van der Waals surface area (Å²) in [6.07, 6.45) is 2.67. The number of ether oxygens (including phenoxy) is 2. The van der Waals surface area contributed by atoms with Crippen molar-refractivity contribution in [3.63, 3.8) is 0 Å². The summed E-state index contributed by atoms with van der Waals surface area (Å²) >= 11 is 11.2. The van der Waals surface area contributed by atoms with Crippen molar-refractivity contribution in [1.29, 1.82) is 5.26 Å². The Morgan fingerprint density at radius 1 is 1.24 bits per heavy atom.